The molecule has 0 spiro atoms. The van der Waals surface area contributed by atoms with Crippen LogP contribution >= 0.6 is 24.0 Å². The molecule has 0 heterocycles. The Morgan fingerprint density at radius 1 is 1.50 bits per heavy atom. The van der Waals surface area contributed by atoms with E-state index in [0.29, 0.717) is 17.7 Å². The van der Waals surface area contributed by atoms with Crippen molar-refractivity contribution in [3.8, 4) is 0 Å². The van der Waals surface area contributed by atoms with Gasteiger partial charge in [-0.25, -0.2) is 13.1 Å². The van der Waals surface area contributed by atoms with Crippen molar-refractivity contribution in [3.05, 3.63) is 35.4 Å². The molecule has 0 amide bonds. The van der Waals surface area contributed by atoms with Crippen LogP contribution in [-0.2, 0) is 15.8 Å². The first-order valence-corrected chi connectivity index (χ1v) is 8.75. The van der Waals surface area contributed by atoms with E-state index in [2.05, 4.69) is 4.72 Å². The first-order chi connectivity index (χ1) is 8.44. The summed E-state index contributed by atoms with van der Waals surface area (Å²) < 4.78 is 26.1. The van der Waals surface area contributed by atoms with Gasteiger partial charge < -0.3 is 5.73 Å². The van der Waals surface area contributed by atoms with Gasteiger partial charge in [0.25, 0.3) is 0 Å². The Balaban J connectivity index is 2.72. The fraction of sp³-hybridized carbons (Fsp3) is 0.364. The van der Waals surface area contributed by atoms with E-state index in [1.807, 2.05) is 6.26 Å². The molecule has 0 aliphatic carbocycles. The van der Waals surface area contributed by atoms with Crippen LogP contribution in [0.5, 0.6) is 0 Å². The van der Waals surface area contributed by atoms with E-state index in [-0.39, 0.29) is 10.7 Å². The maximum Gasteiger partial charge on any atom is 0.215 e. The molecular formula is C11H16N2O2S3. The van der Waals surface area contributed by atoms with Gasteiger partial charge in [-0.2, -0.15) is 11.8 Å². The Morgan fingerprint density at radius 2 is 2.22 bits per heavy atom. The topological polar surface area (TPSA) is 72.2 Å². The molecule has 0 saturated heterocycles. The number of sulfonamides is 1. The second-order valence-electron chi connectivity index (χ2n) is 3.71. The molecule has 0 unspecified atom stereocenters. The Labute approximate surface area is 117 Å². The van der Waals surface area contributed by atoms with Crippen LogP contribution < -0.4 is 10.5 Å². The van der Waals surface area contributed by atoms with Crippen LogP contribution in [0, 0.1) is 0 Å². The molecule has 4 nitrogen and oxygen atoms in total. The number of nitrogens with two attached hydrogens (primary N) is 1. The lowest BCUT2D eigenvalue weighted by Crippen LogP contribution is -2.27. The van der Waals surface area contributed by atoms with Crippen molar-refractivity contribution in [1.29, 1.82) is 0 Å². The first-order valence-electron chi connectivity index (χ1n) is 5.29. The number of rotatable bonds is 7. The van der Waals surface area contributed by atoms with Crippen molar-refractivity contribution >= 4 is 39.0 Å². The fourth-order valence-corrected chi connectivity index (χ4v) is 3.08. The Kier molecular flexibility index (Phi) is 6.07. The summed E-state index contributed by atoms with van der Waals surface area (Å²) >= 11 is 6.45. The zero-order valence-electron chi connectivity index (χ0n) is 10.0. The molecule has 0 saturated carbocycles. The number of thiocarbonyl (C=S) groups is 1. The molecule has 1 aromatic carbocycles. The van der Waals surface area contributed by atoms with Gasteiger partial charge in [-0.1, -0.05) is 30.4 Å². The minimum Gasteiger partial charge on any atom is -0.389 e. The maximum atomic E-state index is 11.8. The van der Waals surface area contributed by atoms with E-state index in [0.717, 1.165) is 5.75 Å². The standard InChI is InChI=1S/C11H16N2O2S3/c1-17-6-5-13-18(14,15)8-9-3-2-4-10(7-9)11(12)16/h2-4,7,13H,5-6,8H2,1H3,(H2,12,16). The first kappa shape index (κ1) is 15.4. The van der Waals surface area contributed by atoms with E-state index in [1.54, 1.807) is 36.0 Å². The Bertz CT molecular complexity index is 515. The van der Waals surface area contributed by atoms with Gasteiger partial charge in [0, 0.05) is 17.9 Å². The molecule has 7 heteroatoms. The number of hydrogen-bond donors (Lipinski definition) is 2. The molecule has 1 rings (SSSR count). The smallest absolute Gasteiger partial charge is 0.215 e. The lowest BCUT2D eigenvalue weighted by Gasteiger charge is -2.07. The van der Waals surface area contributed by atoms with Crippen LogP contribution in [0.3, 0.4) is 0 Å². The molecule has 18 heavy (non-hydrogen) atoms. The highest BCUT2D eigenvalue weighted by Crippen LogP contribution is 2.08. The predicted octanol–water partition coefficient (Wildman–Crippen LogP) is 1.10. The molecule has 3 N–H and O–H groups in total. The molecule has 0 radical (unpaired) electrons. The Morgan fingerprint density at radius 3 is 2.83 bits per heavy atom. The highest BCUT2D eigenvalue weighted by Gasteiger charge is 2.11. The summed E-state index contributed by atoms with van der Waals surface area (Å²) in [5.74, 6) is 0.698. The van der Waals surface area contributed by atoms with Crippen LogP contribution in [0.1, 0.15) is 11.1 Å². The summed E-state index contributed by atoms with van der Waals surface area (Å²) in [5.41, 5.74) is 6.87. The maximum absolute atomic E-state index is 11.8. The summed E-state index contributed by atoms with van der Waals surface area (Å²) in [7, 11) is -3.30. The van der Waals surface area contributed by atoms with Crippen LogP contribution in [0.2, 0.25) is 0 Å². The third-order valence-electron chi connectivity index (χ3n) is 2.20. The van der Waals surface area contributed by atoms with Crippen molar-refractivity contribution in [2.75, 3.05) is 18.6 Å². The number of thioether (sulfide) groups is 1. The van der Waals surface area contributed by atoms with Crippen LogP contribution in [-0.4, -0.2) is 32.0 Å². The van der Waals surface area contributed by atoms with Crippen molar-refractivity contribution in [2.24, 2.45) is 5.73 Å². The summed E-state index contributed by atoms with van der Waals surface area (Å²) in [6.07, 6.45) is 1.93. The van der Waals surface area contributed by atoms with E-state index in [4.69, 9.17) is 18.0 Å². The molecule has 0 fully saturated rings. The van der Waals surface area contributed by atoms with Gasteiger partial charge in [-0.3, -0.25) is 0 Å². The molecule has 0 aliphatic rings. The lowest BCUT2D eigenvalue weighted by molar-refractivity contribution is 0.583. The average Bonchev–Trinajstić information content (AvgIpc) is 2.28. The minimum absolute atomic E-state index is 0.0577. The summed E-state index contributed by atoms with van der Waals surface area (Å²) in [5, 5.41) is 0. The van der Waals surface area contributed by atoms with Crippen LogP contribution in [0.4, 0.5) is 0 Å². The lowest BCUT2D eigenvalue weighted by atomic mass is 10.1. The van der Waals surface area contributed by atoms with Gasteiger partial charge >= 0.3 is 0 Å². The van der Waals surface area contributed by atoms with Crippen molar-refractivity contribution < 1.29 is 8.42 Å². The zero-order valence-corrected chi connectivity index (χ0v) is 12.5. The van der Waals surface area contributed by atoms with E-state index >= 15 is 0 Å². The average molecular weight is 304 g/mol. The van der Waals surface area contributed by atoms with Gasteiger partial charge in [0.1, 0.15) is 4.99 Å². The van der Waals surface area contributed by atoms with Crippen molar-refractivity contribution in [1.82, 2.24) is 4.72 Å². The third-order valence-corrected chi connectivity index (χ3v) is 4.40. The summed E-state index contributed by atoms with van der Waals surface area (Å²) in [4.78, 5) is 0.268. The van der Waals surface area contributed by atoms with Gasteiger partial charge in [0.15, 0.2) is 0 Å². The summed E-state index contributed by atoms with van der Waals surface area (Å²) in [6.45, 7) is 0.443. The van der Waals surface area contributed by atoms with Gasteiger partial charge in [-0.05, 0) is 17.9 Å². The zero-order chi connectivity index (χ0) is 13.6. The van der Waals surface area contributed by atoms with E-state index in [9.17, 15) is 8.42 Å². The van der Waals surface area contributed by atoms with Gasteiger partial charge in [-0.15, -0.1) is 0 Å². The van der Waals surface area contributed by atoms with Gasteiger partial charge in [0.05, 0.1) is 5.75 Å². The van der Waals surface area contributed by atoms with E-state index < -0.39 is 10.0 Å². The van der Waals surface area contributed by atoms with Crippen LogP contribution in [0.15, 0.2) is 24.3 Å². The molecule has 0 aromatic heterocycles. The largest absolute Gasteiger partial charge is 0.389 e. The van der Waals surface area contributed by atoms with Crippen molar-refractivity contribution in [2.45, 2.75) is 5.75 Å². The molecule has 0 bridgehead atoms. The van der Waals surface area contributed by atoms with Gasteiger partial charge in [0.2, 0.25) is 10.0 Å². The fourth-order valence-electron chi connectivity index (χ4n) is 1.38. The Hall–Kier alpha value is -0.630. The number of hydrogen-bond acceptors (Lipinski definition) is 4. The molecular weight excluding hydrogens is 288 g/mol. The summed E-state index contributed by atoms with van der Waals surface area (Å²) in [6, 6.07) is 6.96. The SMILES string of the molecule is CSCCNS(=O)(=O)Cc1cccc(C(N)=S)c1. The molecule has 100 valence electrons. The highest BCUT2D eigenvalue weighted by atomic mass is 32.2. The van der Waals surface area contributed by atoms with Crippen LogP contribution in [0.25, 0.3) is 0 Å². The second kappa shape index (κ2) is 7.08. The number of benzene rings is 1. The molecule has 0 atom stereocenters. The second-order valence-corrected chi connectivity index (χ2v) is 6.94. The molecule has 0 aliphatic heterocycles. The number of nitrogens with one attached hydrogen (secondary N) is 1. The normalized spacial score (nSPS) is 11.4. The minimum atomic E-state index is -3.30. The van der Waals surface area contributed by atoms with Crippen molar-refractivity contribution in [3.63, 3.8) is 0 Å². The third kappa shape index (κ3) is 5.34. The van der Waals surface area contributed by atoms with E-state index in [1.165, 1.54) is 0 Å². The highest BCUT2D eigenvalue weighted by molar-refractivity contribution is 7.98. The monoisotopic (exact) mass is 304 g/mol. The quantitative estimate of drug-likeness (QED) is 0.583. The predicted molar refractivity (Wildman–Crippen MR) is 81.3 cm³/mol. The molecule has 1 aromatic rings.